The first kappa shape index (κ1) is 29.5. The highest BCUT2D eigenvalue weighted by atomic mass is 32.1. The molecule has 2 aliphatic heterocycles. The molecule has 0 aliphatic carbocycles. The van der Waals surface area contributed by atoms with Crippen LogP contribution < -0.4 is 15.0 Å². The highest BCUT2D eigenvalue weighted by molar-refractivity contribution is 7.80. The lowest BCUT2D eigenvalue weighted by Gasteiger charge is -2.32. The Bertz CT molecular complexity index is 1200. The summed E-state index contributed by atoms with van der Waals surface area (Å²) in [5, 5.41) is 3.25. The maximum absolute atomic E-state index is 13.7. The van der Waals surface area contributed by atoms with Gasteiger partial charge in [0.2, 0.25) is 5.91 Å². The normalized spacial score (nSPS) is 18.2. The molecular weight excluding hydrogens is 528 g/mol. The lowest BCUT2D eigenvalue weighted by atomic mass is 9.99. The first-order valence-electron chi connectivity index (χ1n) is 14.0. The second kappa shape index (κ2) is 13.7. The Morgan fingerprint density at radius 2 is 1.65 bits per heavy atom. The molecular formula is C30H38N4O5S. The summed E-state index contributed by atoms with van der Waals surface area (Å²) in [5.41, 5.74) is 1.57. The fourth-order valence-corrected chi connectivity index (χ4v) is 5.42. The Hall–Kier alpha value is -3.50. The molecule has 0 unspecified atom stereocenters. The molecule has 40 heavy (non-hydrogen) atoms. The van der Waals surface area contributed by atoms with Gasteiger partial charge in [-0.3, -0.25) is 14.5 Å². The van der Waals surface area contributed by atoms with Gasteiger partial charge in [-0.05, 0) is 106 Å². The molecule has 2 saturated heterocycles. The molecule has 0 spiro atoms. The van der Waals surface area contributed by atoms with E-state index >= 15 is 0 Å². The standard InChI is InChI=1S/C30H38N4O5S/c1-4-38-25-12-8-23(9-13-25)31-27(35)20-26-28(36)34(24-10-6-22(7-11-24)29(37)39-5-2)30(40)33(26)19-18-32-16-14-21(3)15-17-32/h6-13,21,26H,4-5,14-20H2,1-3H3,(H,31,35)/t26-/m1/s1. The number of anilines is 2. The molecule has 0 saturated carbocycles. The highest BCUT2D eigenvalue weighted by Gasteiger charge is 2.44. The van der Waals surface area contributed by atoms with Crippen LogP contribution in [0.4, 0.5) is 11.4 Å². The molecule has 2 fully saturated rings. The van der Waals surface area contributed by atoms with E-state index in [1.54, 1.807) is 55.5 Å². The van der Waals surface area contributed by atoms with Crippen molar-refractivity contribution < 1.29 is 23.9 Å². The van der Waals surface area contributed by atoms with E-state index in [-0.39, 0.29) is 24.8 Å². The summed E-state index contributed by atoms with van der Waals surface area (Å²) < 4.78 is 10.5. The van der Waals surface area contributed by atoms with Gasteiger partial charge in [0.25, 0.3) is 5.91 Å². The Balaban J connectivity index is 1.50. The van der Waals surface area contributed by atoms with Gasteiger partial charge in [0.05, 0.1) is 30.9 Å². The summed E-state index contributed by atoms with van der Waals surface area (Å²) in [7, 11) is 0. The van der Waals surface area contributed by atoms with Crippen LogP contribution in [0.1, 0.15) is 50.4 Å². The predicted octanol–water partition coefficient (Wildman–Crippen LogP) is 4.32. The van der Waals surface area contributed by atoms with Gasteiger partial charge in [0, 0.05) is 18.8 Å². The Labute approximate surface area is 241 Å². The van der Waals surface area contributed by atoms with Crippen LogP contribution in [0.3, 0.4) is 0 Å². The summed E-state index contributed by atoms with van der Waals surface area (Å²) in [4.78, 5) is 44.7. The van der Waals surface area contributed by atoms with Crippen molar-refractivity contribution in [3.05, 3.63) is 54.1 Å². The first-order valence-corrected chi connectivity index (χ1v) is 14.4. The molecule has 2 heterocycles. The first-order chi connectivity index (χ1) is 19.3. The van der Waals surface area contributed by atoms with Crippen LogP contribution in [0, 0.1) is 5.92 Å². The molecule has 214 valence electrons. The highest BCUT2D eigenvalue weighted by Crippen LogP contribution is 2.28. The van der Waals surface area contributed by atoms with E-state index < -0.39 is 12.0 Å². The lowest BCUT2D eigenvalue weighted by molar-refractivity contribution is -0.124. The van der Waals surface area contributed by atoms with Crippen molar-refractivity contribution in [3.63, 3.8) is 0 Å². The second-order valence-electron chi connectivity index (χ2n) is 10.2. The molecule has 2 aliphatic rings. The van der Waals surface area contributed by atoms with Gasteiger partial charge >= 0.3 is 5.97 Å². The van der Waals surface area contributed by atoms with Gasteiger partial charge in [-0.2, -0.15) is 0 Å². The number of benzene rings is 2. The van der Waals surface area contributed by atoms with Gasteiger partial charge in [-0.25, -0.2) is 4.79 Å². The smallest absolute Gasteiger partial charge is 0.338 e. The number of hydrogen-bond acceptors (Lipinski definition) is 7. The Kier molecular flexibility index (Phi) is 10.1. The van der Waals surface area contributed by atoms with Crippen LogP contribution in [-0.4, -0.2) is 78.1 Å². The number of nitrogens with zero attached hydrogens (tertiary/aromatic N) is 3. The topological polar surface area (TPSA) is 91.4 Å². The van der Waals surface area contributed by atoms with E-state index in [1.165, 1.54) is 4.90 Å². The van der Waals surface area contributed by atoms with E-state index in [0.717, 1.165) is 44.1 Å². The summed E-state index contributed by atoms with van der Waals surface area (Å²) in [6.45, 7) is 10.1. The predicted molar refractivity (Wildman–Crippen MR) is 159 cm³/mol. The number of nitrogens with one attached hydrogen (secondary N) is 1. The minimum absolute atomic E-state index is 0.0410. The molecule has 1 atom stereocenters. The molecule has 2 aromatic carbocycles. The molecule has 9 nitrogen and oxygen atoms in total. The van der Waals surface area contributed by atoms with Crippen molar-refractivity contribution in [3.8, 4) is 5.75 Å². The van der Waals surface area contributed by atoms with Gasteiger partial charge in [-0.15, -0.1) is 0 Å². The van der Waals surface area contributed by atoms with E-state index in [4.69, 9.17) is 21.7 Å². The fourth-order valence-electron chi connectivity index (χ4n) is 5.01. The molecule has 2 amide bonds. The molecule has 0 bridgehead atoms. The van der Waals surface area contributed by atoms with Crippen molar-refractivity contribution in [1.82, 2.24) is 9.80 Å². The minimum atomic E-state index is -0.733. The molecule has 10 heteroatoms. The number of likely N-dealkylation sites (tertiary alicyclic amines) is 1. The third-order valence-electron chi connectivity index (χ3n) is 7.32. The quantitative estimate of drug-likeness (QED) is 0.318. The van der Waals surface area contributed by atoms with Crippen LogP contribution in [0.2, 0.25) is 0 Å². The summed E-state index contributed by atoms with van der Waals surface area (Å²) >= 11 is 5.81. The van der Waals surface area contributed by atoms with Gasteiger partial charge in [-0.1, -0.05) is 6.92 Å². The maximum Gasteiger partial charge on any atom is 0.338 e. The van der Waals surface area contributed by atoms with Crippen molar-refractivity contribution in [2.45, 2.75) is 46.1 Å². The number of esters is 1. The van der Waals surface area contributed by atoms with Gasteiger partial charge in [0.1, 0.15) is 11.8 Å². The number of ether oxygens (including phenoxy) is 2. The summed E-state index contributed by atoms with van der Waals surface area (Å²) in [6.07, 6.45) is 2.26. The van der Waals surface area contributed by atoms with Crippen LogP contribution in [0.25, 0.3) is 0 Å². The van der Waals surface area contributed by atoms with Gasteiger partial charge < -0.3 is 24.6 Å². The van der Waals surface area contributed by atoms with Crippen molar-refractivity contribution in [1.29, 1.82) is 0 Å². The molecule has 2 aromatic rings. The molecule has 0 radical (unpaired) electrons. The van der Waals surface area contributed by atoms with Crippen molar-refractivity contribution in [2.75, 3.05) is 49.6 Å². The summed E-state index contributed by atoms with van der Waals surface area (Å²) in [5.74, 6) is 0.479. The SMILES string of the molecule is CCOC(=O)c1ccc(N2C(=O)[C@@H](CC(=O)Nc3ccc(OCC)cc3)N(CCN3CCC(C)CC3)C2=S)cc1. The van der Waals surface area contributed by atoms with E-state index in [1.807, 2.05) is 11.8 Å². The van der Waals surface area contributed by atoms with Crippen molar-refractivity contribution >= 4 is 46.5 Å². The number of thiocarbonyl (C=S) groups is 1. The van der Waals surface area contributed by atoms with E-state index in [2.05, 4.69) is 17.1 Å². The zero-order valence-corrected chi connectivity index (χ0v) is 24.2. The Morgan fingerprint density at radius 3 is 2.27 bits per heavy atom. The third-order valence-corrected chi connectivity index (χ3v) is 7.73. The number of piperidine rings is 1. The second-order valence-corrected chi connectivity index (χ2v) is 10.5. The largest absolute Gasteiger partial charge is 0.494 e. The number of amides is 2. The van der Waals surface area contributed by atoms with Crippen LogP contribution in [0.5, 0.6) is 5.75 Å². The van der Waals surface area contributed by atoms with E-state index in [9.17, 15) is 14.4 Å². The van der Waals surface area contributed by atoms with Gasteiger partial charge in [0.15, 0.2) is 5.11 Å². The monoisotopic (exact) mass is 566 g/mol. The zero-order chi connectivity index (χ0) is 28.6. The third kappa shape index (κ3) is 7.17. The van der Waals surface area contributed by atoms with Crippen LogP contribution in [-0.2, 0) is 14.3 Å². The zero-order valence-electron chi connectivity index (χ0n) is 23.4. The Morgan fingerprint density at radius 1 is 0.975 bits per heavy atom. The fraction of sp³-hybridized carbons (Fsp3) is 0.467. The van der Waals surface area contributed by atoms with E-state index in [0.29, 0.717) is 35.2 Å². The number of carbonyl (C=O) groups is 3. The molecule has 1 N–H and O–H groups in total. The lowest BCUT2D eigenvalue weighted by Crippen LogP contribution is -2.44. The molecule has 0 aromatic heterocycles. The molecule has 4 rings (SSSR count). The van der Waals surface area contributed by atoms with Crippen LogP contribution in [0.15, 0.2) is 48.5 Å². The average Bonchev–Trinajstić information content (AvgIpc) is 3.17. The minimum Gasteiger partial charge on any atom is -0.494 e. The average molecular weight is 567 g/mol. The number of rotatable bonds is 11. The van der Waals surface area contributed by atoms with Crippen molar-refractivity contribution in [2.24, 2.45) is 5.92 Å². The van der Waals surface area contributed by atoms with Crippen LogP contribution >= 0.6 is 12.2 Å². The number of hydrogen-bond donors (Lipinski definition) is 1. The number of carbonyl (C=O) groups excluding carboxylic acids is 3. The summed E-state index contributed by atoms with van der Waals surface area (Å²) in [6, 6.07) is 13.0. The maximum atomic E-state index is 13.7.